The first-order chi connectivity index (χ1) is 8.74. The van der Waals surface area contributed by atoms with Crippen molar-refractivity contribution in [2.45, 2.75) is 45.1 Å². The molecule has 0 aliphatic heterocycles. The van der Waals surface area contributed by atoms with Gasteiger partial charge in [-0.3, -0.25) is 4.98 Å². The average molecular weight is 247 g/mol. The Morgan fingerprint density at radius 3 is 2.61 bits per heavy atom. The van der Waals surface area contributed by atoms with Crippen LogP contribution in [0, 0.1) is 5.92 Å². The summed E-state index contributed by atoms with van der Waals surface area (Å²) < 4.78 is 0. The zero-order valence-corrected chi connectivity index (χ0v) is 11.8. The van der Waals surface area contributed by atoms with E-state index in [0.717, 1.165) is 11.6 Å². The fraction of sp³-hybridized carbons (Fsp3) is 0.667. The molecule has 0 spiro atoms. The Morgan fingerprint density at radius 1 is 1.28 bits per heavy atom. The molecule has 1 aliphatic rings. The van der Waals surface area contributed by atoms with Gasteiger partial charge >= 0.3 is 0 Å². The molecule has 1 aliphatic carbocycles. The first-order valence-corrected chi connectivity index (χ1v) is 7.10. The lowest BCUT2D eigenvalue weighted by Gasteiger charge is -2.35. The van der Waals surface area contributed by atoms with Crippen LogP contribution in [0.3, 0.4) is 0 Å². The number of hydrogen-bond donors (Lipinski definition) is 1. The summed E-state index contributed by atoms with van der Waals surface area (Å²) >= 11 is 0. The minimum absolute atomic E-state index is 0.682. The normalized spacial score (nSPS) is 23.7. The third-order valence-corrected chi connectivity index (χ3v) is 4.36. The summed E-state index contributed by atoms with van der Waals surface area (Å²) in [6.07, 6.45) is 10.6. The SMILES string of the molecule is CCC1CCC(N(C)c2cncc(NC)c2)CC1. The molecule has 0 aromatic carbocycles. The van der Waals surface area contributed by atoms with Gasteiger partial charge in [0, 0.05) is 20.1 Å². The molecule has 1 aromatic heterocycles. The molecular formula is C15H25N3. The molecule has 0 unspecified atom stereocenters. The maximum absolute atomic E-state index is 4.30. The van der Waals surface area contributed by atoms with E-state index in [1.165, 1.54) is 37.8 Å². The van der Waals surface area contributed by atoms with Crippen molar-refractivity contribution in [2.75, 3.05) is 24.3 Å². The minimum Gasteiger partial charge on any atom is -0.387 e. The third kappa shape index (κ3) is 2.95. The highest BCUT2D eigenvalue weighted by Gasteiger charge is 2.23. The highest BCUT2D eigenvalue weighted by Crippen LogP contribution is 2.31. The third-order valence-electron chi connectivity index (χ3n) is 4.36. The van der Waals surface area contributed by atoms with Crippen LogP contribution in [0.4, 0.5) is 11.4 Å². The number of nitrogens with one attached hydrogen (secondary N) is 1. The number of rotatable bonds is 4. The smallest absolute Gasteiger partial charge is 0.0573 e. The summed E-state index contributed by atoms with van der Waals surface area (Å²) in [5.74, 6) is 0.955. The number of nitrogens with zero attached hydrogens (tertiary/aromatic N) is 2. The Balaban J connectivity index is 2.00. The van der Waals surface area contributed by atoms with Crippen molar-refractivity contribution >= 4 is 11.4 Å². The van der Waals surface area contributed by atoms with E-state index in [1.54, 1.807) is 0 Å². The molecule has 2 rings (SSSR count). The van der Waals surface area contributed by atoms with Gasteiger partial charge in [0.2, 0.25) is 0 Å². The molecule has 1 fully saturated rings. The van der Waals surface area contributed by atoms with E-state index in [9.17, 15) is 0 Å². The second kappa shape index (κ2) is 6.07. The predicted octanol–water partition coefficient (Wildman–Crippen LogP) is 3.53. The topological polar surface area (TPSA) is 28.2 Å². The molecule has 0 amide bonds. The van der Waals surface area contributed by atoms with Crippen molar-refractivity contribution in [1.29, 1.82) is 0 Å². The van der Waals surface area contributed by atoms with Gasteiger partial charge in [-0.05, 0) is 37.7 Å². The quantitative estimate of drug-likeness (QED) is 0.882. The lowest BCUT2D eigenvalue weighted by Crippen LogP contribution is -2.35. The summed E-state index contributed by atoms with van der Waals surface area (Å²) in [6.45, 7) is 2.31. The highest BCUT2D eigenvalue weighted by molar-refractivity contribution is 5.55. The first-order valence-electron chi connectivity index (χ1n) is 7.10. The number of hydrogen-bond acceptors (Lipinski definition) is 3. The summed E-state index contributed by atoms with van der Waals surface area (Å²) in [5, 5.41) is 3.15. The summed E-state index contributed by atoms with van der Waals surface area (Å²) in [5.41, 5.74) is 2.31. The van der Waals surface area contributed by atoms with Gasteiger partial charge in [0.05, 0.1) is 23.8 Å². The Kier molecular flexibility index (Phi) is 4.45. The van der Waals surface area contributed by atoms with Crippen LogP contribution in [0.5, 0.6) is 0 Å². The van der Waals surface area contributed by atoms with Crippen molar-refractivity contribution < 1.29 is 0 Å². The molecule has 3 heteroatoms. The van der Waals surface area contributed by atoms with Crippen LogP contribution in [-0.4, -0.2) is 25.1 Å². The van der Waals surface area contributed by atoms with E-state index in [2.05, 4.69) is 35.2 Å². The van der Waals surface area contributed by atoms with Crippen LogP contribution in [0.25, 0.3) is 0 Å². The summed E-state index contributed by atoms with van der Waals surface area (Å²) in [7, 11) is 4.14. The zero-order valence-electron chi connectivity index (χ0n) is 11.8. The maximum Gasteiger partial charge on any atom is 0.0573 e. The fourth-order valence-electron chi connectivity index (χ4n) is 2.91. The Labute approximate surface area is 111 Å². The molecule has 3 nitrogen and oxygen atoms in total. The minimum atomic E-state index is 0.682. The van der Waals surface area contributed by atoms with E-state index >= 15 is 0 Å². The molecule has 0 atom stereocenters. The van der Waals surface area contributed by atoms with Gasteiger partial charge in [0.25, 0.3) is 0 Å². The van der Waals surface area contributed by atoms with Crippen molar-refractivity contribution in [3.63, 3.8) is 0 Å². The van der Waals surface area contributed by atoms with Gasteiger partial charge in [-0.25, -0.2) is 0 Å². The van der Waals surface area contributed by atoms with Crippen molar-refractivity contribution in [1.82, 2.24) is 4.98 Å². The van der Waals surface area contributed by atoms with Crippen LogP contribution >= 0.6 is 0 Å². The van der Waals surface area contributed by atoms with Crippen molar-refractivity contribution in [2.24, 2.45) is 5.92 Å². The van der Waals surface area contributed by atoms with E-state index in [0.29, 0.717) is 6.04 Å². The van der Waals surface area contributed by atoms with Crippen LogP contribution in [0.15, 0.2) is 18.5 Å². The van der Waals surface area contributed by atoms with Crippen molar-refractivity contribution in [3.05, 3.63) is 18.5 Å². The van der Waals surface area contributed by atoms with Gasteiger partial charge in [-0.15, -0.1) is 0 Å². The molecule has 0 radical (unpaired) electrons. The molecule has 0 saturated heterocycles. The number of pyridine rings is 1. The first kappa shape index (κ1) is 13.2. The monoisotopic (exact) mass is 247 g/mol. The summed E-state index contributed by atoms with van der Waals surface area (Å²) in [6, 6.07) is 2.86. The largest absolute Gasteiger partial charge is 0.387 e. The maximum atomic E-state index is 4.30. The number of aromatic nitrogens is 1. The second-order valence-electron chi connectivity index (χ2n) is 5.38. The molecule has 0 bridgehead atoms. The predicted molar refractivity (Wildman–Crippen MR) is 78.2 cm³/mol. The van der Waals surface area contributed by atoms with E-state index < -0.39 is 0 Å². The van der Waals surface area contributed by atoms with E-state index in [-0.39, 0.29) is 0 Å². The van der Waals surface area contributed by atoms with Crippen LogP contribution < -0.4 is 10.2 Å². The standard InChI is InChI=1S/C15H25N3/c1-4-12-5-7-14(8-6-12)18(3)15-9-13(16-2)10-17-11-15/h9-12,14,16H,4-8H2,1-3H3. The lowest BCUT2D eigenvalue weighted by atomic mass is 9.84. The van der Waals surface area contributed by atoms with E-state index in [4.69, 9.17) is 0 Å². The van der Waals surface area contributed by atoms with Crippen LogP contribution in [-0.2, 0) is 0 Å². The molecule has 1 heterocycles. The van der Waals surface area contributed by atoms with Gasteiger partial charge in [-0.1, -0.05) is 13.3 Å². The molecule has 100 valence electrons. The molecule has 1 N–H and O–H groups in total. The van der Waals surface area contributed by atoms with E-state index in [1.807, 2.05) is 19.4 Å². The molecular weight excluding hydrogens is 222 g/mol. The fourth-order valence-corrected chi connectivity index (χ4v) is 2.91. The highest BCUT2D eigenvalue weighted by atomic mass is 15.1. The van der Waals surface area contributed by atoms with Gasteiger partial charge in [0.15, 0.2) is 0 Å². The Bertz CT molecular complexity index is 370. The molecule has 1 saturated carbocycles. The van der Waals surface area contributed by atoms with Gasteiger partial charge in [-0.2, -0.15) is 0 Å². The molecule has 18 heavy (non-hydrogen) atoms. The number of anilines is 2. The van der Waals surface area contributed by atoms with Crippen molar-refractivity contribution in [3.8, 4) is 0 Å². The second-order valence-corrected chi connectivity index (χ2v) is 5.38. The molecule has 1 aromatic rings. The lowest BCUT2D eigenvalue weighted by molar-refractivity contribution is 0.313. The average Bonchev–Trinajstić information content (AvgIpc) is 2.46. The van der Waals surface area contributed by atoms with Crippen LogP contribution in [0.1, 0.15) is 39.0 Å². The Hall–Kier alpha value is -1.25. The van der Waals surface area contributed by atoms with Gasteiger partial charge < -0.3 is 10.2 Å². The van der Waals surface area contributed by atoms with Gasteiger partial charge in [0.1, 0.15) is 0 Å². The summed E-state index contributed by atoms with van der Waals surface area (Å²) in [4.78, 5) is 6.70. The van der Waals surface area contributed by atoms with Crippen LogP contribution in [0.2, 0.25) is 0 Å². The zero-order chi connectivity index (χ0) is 13.0. The Morgan fingerprint density at radius 2 is 2.00 bits per heavy atom.